The van der Waals surface area contributed by atoms with Crippen molar-refractivity contribution in [3.05, 3.63) is 0 Å². The van der Waals surface area contributed by atoms with Gasteiger partial charge in [-0.25, -0.2) is 0 Å². The van der Waals surface area contributed by atoms with Gasteiger partial charge in [-0.15, -0.1) is 0 Å². The number of carbonyl (C=O) groups is 2. The van der Waals surface area contributed by atoms with Crippen molar-refractivity contribution in [3.8, 4) is 0 Å². The number of hydrogen-bond acceptors (Lipinski definition) is 10. The molecule has 42 heavy (non-hydrogen) atoms. The second-order valence-electron chi connectivity index (χ2n) is 11.3. The topological polar surface area (TPSA) is 237 Å². The van der Waals surface area contributed by atoms with Crippen LogP contribution in [0.5, 0.6) is 0 Å². The molecule has 6 atom stereocenters. The van der Waals surface area contributed by atoms with Crippen LogP contribution in [0.1, 0.15) is 25.7 Å². The van der Waals surface area contributed by atoms with E-state index in [-0.39, 0.29) is 12.6 Å². The zero-order chi connectivity index (χ0) is 31.6. The molecule has 0 aromatic rings. The van der Waals surface area contributed by atoms with E-state index in [1.165, 1.54) is 0 Å². The normalized spacial score (nSPS) is 27.5. The van der Waals surface area contributed by atoms with Gasteiger partial charge in [-0.1, -0.05) is 0 Å². The van der Waals surface area contributed by atoms with E-state index in [1.807, 2.05) is 9.80 Å². The first kappa shape index (κ1) is 37.7. The Bertz CT molecular complexity index is 1030. The molecule has 2 fully saturated rings. The van der Waals surface area contributed by atoms with Gasteiger partial charge in [0.1, 0.15) is 11.8 Å². The van der Waals surface area contributed by atoms with E-state index in [0.717, 1.165) is 13.1 Å². The summed E-state index contributed by atoms with van der Waals surface area (Å²) in [5, 5.41) is 17.5. The van der Waals surface area contributed by atoms with Crippen molar-refractivity contribution in [2.24, 2.45) is 0 Å². The molecule has 2 aliphatic rings. The number of carboxylic acid groups (broad SMARTS) is 2. The van der Waals surface area contributed by atoms with Crippen LogP contribution >= 0.6 is 29.5 Å². The fourth-order valence-electron chi connectivity index (χ4n) is 5.15. The highest BCUT2D eigenvalue weighted by Gasteiger charge is 2.35. The van der Waals surface area contributed by atoms with E-state index < -0.39 is 78.4 Å². The molecule has 6 unspecified atom stereocenters. The van der Waals surface area contributed by atoms with Crippen LogP contribution in [0.15, 0.2) is 0 Å². The maximum atomic E-state index is 12.9. The highest BCUT2D eigenvalue weighted by molar-refractivity contribution is 7.75. The van der Waals surface area contributed by atoms with Crippen LogP contribution in [0.25, 0.3) is 0 Å². The van der Waals surface area contributed by atoms with Crippen LogP contribution in [0.3, 0.4) is 0 Å². The molecule has 2 saturated heterocycles. The van der Waals surface area contributed by atoms with Crippen molar-refractivity contribution < 1.29 is 57.6 Å². The monoisotopic (exact) mass is 682 g/mol. The fourth-order valence-corrected chi connectivity index (χ4v) is 15.4. The number of nitrogens with zero attached hydrogens (tertiary/aromatic N) is 4. The summed E-state index contributed by atoms with van der Waals surface area (Å²) in [4.78, 5) is 70.6. The Morgan fingerprint density at radius 1 is 0.500 bits per heavy atom. The Kier molecular flexibility index (Phi) is 15.0. The SMILES string of the molecule is O=C(O)CCP(=O)(O)CP(=O)(O)CN1CCCN2CCN(CCCN(CP(=O)(O)CP(=O)(O)CCC(=O)O)CC2)CC1. The number of aliphatic carboxylic acids is 2. The van der Waals surface area contributed by atoms with Crippen LogP contribution < -0.4 is 0 Å². The zero-order valence-electron chi connectivity index (χ0n) is 23.9. The quantitative estimate of drug-likeness (QED) is 0.139. The summed E-state index contributed by atoms with van der Waals surface area (Å²) < 4.78 is 50.4. The third kappa shape index (κ3) is 16.0. The lowest BCUT2D eigenvalue weighted by atomic mass is 10.2. The van der Waals surface area contributed by atoms with Crippen molar-refractivity contribution in [1.82, 2.24) is 19.6 Å². The lowest BCUT2D eigenvalue weighted by Crippen LogP contribution is -2.47. The molecular weight excluding hydrogens is 636 g/mol. The van der Waals surface area contributed by atoms with Crippen molar-refractivity contribution in [2.45, 2.75) is 25.7 Å². The van der Waals surface area contributed by atoms with Crippen molar-refractivity contribution >= 4 is 41.4 Å². The second-order valence-corrected chi connectivity index (χ2v) is 21.8. The summed E-state index contributed by atoms with van der Waals surface area (Å²) in [5.41, 5.74) is 0. The highest BCUT2D eigenvalue weighted by Crippen LogP contribution is 2.58. The summed E-state index contributed by atoms with van der Waals surface area (Å²) in [6.45, 7) is 5.77. The molecule has 0 aromatic heterocycles. The molecule has 0 aliphatic carbocycles. The highest BCUT2D eigenvalue weighted by atomic mass is 31.2. The van der Waals surface area contributed by atoms with Crippen LogP contribution in [-0.2, 0) is 27.8 Å². The Balaban J connectivity index is 1.99. The number of carboxylic acids is 2. The minimum Gasteiger partial charge on any atom is -0.481 e. The smallest absolute Gasteiger partial charge is 0.303 e. The van der Waals surface area contributed by atoms with Gasteiger partial charge in [0.25, 0.3) is 0 Å². The molecule has 0 radical (unpaired) electrons. The maximum Gasteiger partial charge on any atom is 0.303 e. The van der Waals surface area contributed by atoms with Crippen LogP contribution in [0, 0.1) is 0 Å². The van der Waals surface area contributed by atoms with Crippen molar-refractivity contribution in [1.29, 1.82) is 0 Å². The summed E-state index contributed by atoms with van der Waals surface area (Å²) in [7, 11) is -16.2. The average molecular weight is 683 g/mol. The molecule has 16 nitrogen and oxygen atoms in total. The van der Waals surface area contributed by atoms with Gasteiger partial charge in [-0.2, -0.15) is 0 Å². The molecule has 2 aliphatic heterocycles. The van der Waals surface area contributed by atoms with Crippen LogP contribution in [-0.4, -0.2) is 163 Å². The average Bonchev–Trinajstić information content (AvgIpc) is 2.83. The summed E-state index contributed by atoms with van der Waals surface area (Å²) >= 11 is 0. The molecule has 0 spiro atoms. The van der Waals surface area contributed by atoms with Crippen molar-refractivity contribution in [2.75, 3.05) is 102 Å². The largest absolute Gasteiger partial charge is 0.481 e. The van der Waals surface area contributed by atoms with Crippen LogP contribution in [0.4, 0.5) is 0 Å². The molecule has 20 heteroatoms. The van der Waals surface area contributed by atoms with E-state index in [9.17, 15) is 47.4 Å². The summed E-state index contributed by atoms with van der Waals surface area (Å²) in [6.07, 6.45) is -1.45. The molecule has 2 rings (SSSR count). The van der Waals surface area contributed by atoms with Gasteiger partial charge < -0.3 is 39.6 Å². The van der Waals surface area contributed by atoms with Gasteiger partial charge in [0.05, 0.1) is 25.4 Å². The first-order valence-electron chi connectivity index (χ1n) is 13.9. The second kappa shape index (κ2) is 16.7. The van der Waals surface area contributed by atoms with Gasteiger partial charge >= 0.3 is 11.9 Å². The molecule has 2 heterocycles. The van der Waals surface area contributed by atoms with E-state index in [0.29, 0.717) is 65.2 Å². The molecule has 246 valence electrons. The maximum absolute atomic E-state index is 12.9. The minimum atomic E-state index is -4.08. The van der Waals surface area contributed by atoms with E-state index in [1.54, 1.807) is 0 Å². The molecule has 0 aromatic carbocycles. The Morgan fingerprint density at radius 2 is 0.833 bits per heavy atom. The standard InChI is InChI=1S/C22H46N4O12P4/c27-21(28)3-15-39(31,32)19-41(35,36)17-25-7-1-5-23-9-10-24(12-13-25)6-2-8-26(14-11-23)18-42(37,38)20-40(33,34)16-4-22(29)30/h1-20H2,(H,27,28)(H,29,30)(H,31,32)(H,33,34)(H,35,36)(H,37,38). The van der Waals surface area contributed by atoms with Crippen LogP contribution in [0.2, 0.25) is 0 Å². The lowest BCUT2D eigenvalue weighted by molar-refractivity contribution is -0.137. The van der Waals surface area contributed by atoms with Gasteiger partial charge in [-0.3, -0.25) is 37.6 Å². The molecule has 6 N–H and O–H groups in total. The van der Waals surface area contributed by atoms with Gasteiger partial charge in [0, 0.05) is 51.6 Å². The molecule has 2 bridgehead atoms. The number of hydrogen-bond donors (Lipinski definition) is 6. The molecular formula is C22H46N4O12P4. The van der Waals surface area contributed by atoms with E-state index >= 15 is 0 Å². The van der Waals surface area contributed by atoms with Gasteiger partial charge in [0.15, 0.2) is 0 Å². The van der Waals surface area contributed by atoms with Gasteiger partial charge in [-0.05, 0) is 39.0 Å². The fraction of sp³-hybridized carbons (Fsp3) is 0.909. The third-order valence-corrected chi connectivity index (χ3v) is 17.8. The third-order valence-electron chi connectivity index (χ3n) is 7.17. The summed E-state index contributed by atoms with van der Waals surface area (Å²) in [6, 6.07) is 0. The molecule has 0 saturated carbocycles. The Labute approximate surface area is 246 Å². The first-order valence-corrected chi connectivity index (χ1v) is 22.0. The Morgan fingerprint density at radius 3 is 1.17 bits per heavy atom. The Hall–Kier alpha value is -0.460. The van der Waals surface area contributed by atoms with E-state index in [4.69, 9.17) is 10.2 Å². The zero-order valence-corrected chi connectivity index (χ0v) is 27.4. The number of rotatable bonds is 14. The predicted octanol–water partition coefficient (Wildman–Crippen LogP) is 0.863. The van der Waals surface area contributed by atoms with E-state index in [2.05, 4.69) is 9.80 Å². The van der Waals surface area contributed by atoms with Crippen molar-refractivity contribution in [3.63, 3.8) is 0 Å². The van der Waals surface area contributed by atoms with Gasteiger partial charge in [0.2, 0.25) is 29.5 Å². The predicted molar refractivity (Wildman–Crippen MR) is 158 cm³/mol. The summed E-state index contributed by atoms with van der Waals surface area (Å²) in [5.74, 6) is -4.14. The first-order chi connectivity index (χ1) is 19.4. The number of fused-ring (bicyclic) bond motifs is 3. The minimum absolute atomic E-state index is 0.265. The lowest BCUT2D eigenvalue weighted by Gasteiger charge is -2.36. The molecule has 0 amide bonds.